The SMILES string of the molecule is C1=CC[C@H]2CN(Cc3cc4n(n3)CCNC4)C[C@H]2C1. The van der Waals surface area contributed by atoms with Gasteiger partial charge < -0.3 is 5.32 Å². The number of likely N-dealkylation sites (tertiary alicyclic amines) is 1. The summed E-state index contributed by atoms with van der Waals surface area (Å²) in [6.45, 7) is 6.60. The standard InChI is InChI=1S/C15H22N4/c1-2-4-13-10-18(9-12(13)3-1)11-14-7-15-8-16-5-6-19(15)17-14/h1-2,7,12-13,16H,3-6,8-11H2/t12-,13+. The summed E-state index contributed by atoms with van der Waals surface area (Å²) < 4.78 is 2.18. The van der Waals surface area contributed by atoms with Gasteiger partial charge in [0.1, 0.15) is 0 Å². The Morgan fingerprint density at radius 1 is 1.21 bits per heavy atom. The number of aromatic nitrogens is 2. The highest BCUT2D eigenvalue weighted by Gasteiger charge is 2.32. The van der Waals surface area contributed by atoms with Gasteiger partial charge >= 0.3 is 0 Å². The first-order chi connectivity index (χ1) is 9.38. The van der Waals surface area contributed by atoms with Gasteiger partial charge in [-0.25, -0.2) is 0 Å². The van der Waals surface area contributed by atoms with Crippen molar-refractivity contribution >= 4 is 0 Å². The number of nitrogens with one attached hydrogen (secondary N) is 1. The van der Waals surface area contributed by atoms with Crippen molar-refractivity contribution in [2.45, 2.75) is 32.5 Å². The summed E-state index contributed by atoms with van der Waals surface area (Å²) in [6.07, 6.45) is 7.30. The van der Waals surface area contributed by atoms with Crippen molar-refractivity contribution in [1.82, 2.24) is 20.0 Å². The number of hydrogen-bond acceptors (Lipinski definition) is 3. The molecule has 1 aliphatic carbocycles. The monoisotopic (exact) mass is 258 g/mol. The van der Waals surface area contributed by atoms with E-state index in [-0.39, 0.29) is 0 Å². The van der Waals surface area contributed by atoms with Crippen molar-refractivity contribution in [3.8, 4) is 0 Å². The molecule has 4 heteroatoms. The molecule has 1 fully saturated rings. The molecule has 4 rings (SSSR count). The highest BCUT2D eigenvalue weighted by molar-refractivity contribution is 5.12. The second kappa shape index (κ2) is 4.76. The van der Waals surface area contributed by atoms with Crippen LogP contribution in [0.15, 0.2) is 18.2 Å². The van der Waals surface area contributed by atoms with Crippen LogP contribution < -0.4 is 5.32 Å². The predicted molar refractivity (Wildman–Crippen MR) is 74.6 cm³/mol. The van der Waals surface area contributed by atoms with Gasteiger partial charge in [0.05, 0.1) is 17.9 Å². The van der Waals surface area contributed by atoms with Crippen LogP contribution in [0.4, 0.5) is 0 Å². The Balaban J connectivity index is 1.43. The number of hydrogen-bond donors (Lipinski definition) is 1. The Bertz CT molecular complexity index is 451. The van der Waals surface area contributed by atoms with Gasteiger partial charge in [0.25, 0.3) is 0 Å². The summed E-state index contributed by atoms with van der Waals surface area (Å²) in [4.78, 5) is 2.60. The van der Waals surface area contributed by atoms with Crippen LogP contribution in [0.2, 0.25) is 0 Å². The van der Waals surface area contributed by atoms with Crippen molar-refractivity contribution in [2.24, 2.45) is 11.8 Å². The van der Waals surface area contributed by atoms with E-state index in [4.69, 9.17) is 5.10 Å². The molecular weight excluding hydrogens is 236 g/mol. The second-order valence-corrected chi connectivity index (χ2v) is 6.18. The van der Waals surface area contributed by atoms with Gasteiger partial charge in [0.15, 0.2) is 0 Å². The van der Waals surface area contributed by atoms with Crippen molar-refractivity contribution in [3.05, 3.63) is 29.6 Å². The molecule has 1 aromatic rings. The minimum atomic E-state index is 0.893. The fraction of sp³-hybridized carbons (Fsp3) is 0.667. The molecule has 1 saturated heterocycles. The molecule has 0 bridgehead atoms. The lowest BCUT2D eigenvalue weighted by molar-refractivity contribution is 0.308. The molecular formula is C15H22N4. The van der Waals surface area contributed by atoms with Crippen LogP contribution in [0.3, 0.4) is 0 Å². The summed E-state index contributed by atoms with van der Waals surface area (Å²) >= 11 is 0. The largest absolute Gasteiger partial charge is 0.309 e. The van der Waals surface area contributed by atoms with Gasteiger partial charge in [-0.05, 0) is 30.7 Å². The topological polar surface area (TPSA) is 33.1 Å². The van der Waals surface area contributed by atoms with E-state index in [1.807, 2.05) is 0 Å². The van der Waals surface area contributed by atoms with E-state index >= 15 is 0 Å². The van der Waals surface area contributed by atoms with E-state index in [2.05, 4.69) is 33.1 Å². The van der Waals surface area contributed by atoms with E-state index in [0.717, 1.165) is 38.0 Å². The summed E-state index contributed by atoms with van der Waals surface area (Å²) in [5, 5.41) is 8.16. The van der Waals surface area contributed by atoms with Gasteiger partial charge in [-0.1, -0.05) is 12.2 Å². The maximum Gasteiger partial charge on any atom is 0.0768 e. The quantitative estimate of drug-likeness (QED) is 0.814. The average Bonchev–Trinajstić information content (AvgIpc) is 3.00. The van der Waals surface area contributed by atoms with Crippen molar-refractivity contribution in [2.75, 3.05) is 19.6 Å². The number of allylic oxidation sites excluding steroid dienone is 2. The Morgan fingerprint density at radius 2 is 2.00 bits per heavy atom. The van der Waals surface area contributed by atoms with E-state index < -0.39 is 0 Å². The molecule has 0 spiro atoms. The molecule has 19 heavy (non-hydrogen) atoms. The lowest BCUT2D eigenvalue weighted by Gasteiger charge is -2.18. The van der Waals surface area contributed by atoms with Gasteiger partial charge in [0, 0.05) is 32.7 Å². The van der Waals surface area contributed by atoms with Gasteiger partial charge in [-0.15, -0.1) is 0 Å². The Morgan fingerprint density at radius 3 is 2.74 bits per heavy atom. The average molecular weight is 258 g/mol. The zero-order valence-electron chi connectivity index (χ0n) is 11.4. The Labute approximate surface area is 114 Å². The molecule has 0 aromatic carbocycles. The molecule has 4 nitrogen and oxygen atoms in total. The molecule has 2 atom stereocenters. The third kappa shape index (κ3) is 2.23. The first kappa shape index (κ1) is 11.7. The van der Waals surface area contributed by atoms with Crippen LogP contribution in [0.25, 0.3) is 0 Å². The first-order valence-corrected chi connectivity index (χ1v) is 7.52. The Kier molecular flexibility index (Phi) is 2.93. The molecule has 3 aliphatic rings. The van der Waals surface area contributed by atoms with Crippen molar-refractivity contribution in [1.29, 1.82) is 0 Å². The minimum Gasteiger partial charge on any atom is -0.309 e. The lowest BCUT2D eigenvalue weighted by Crippen LogP contribution is -2.28. The maximum absolute atomic E-state index is 4.75. The Hall–Kier alpha value is -1.13. The van der Waals surface area contributed by atoms with Gasteiger partial charge in [0.2, 0.25) is 0 Å². The summed E-state index contributed by atoms with van der Waals surface area (Å²) in [5.41, 5.74) is 2.60. The van der Waals surface area contributed by atoms with Gasteiger partial charge in [-0.2, -0.15) is 5.10 Å². The van der Waals surface area contributed by atoms with Crippen LogP contribution in [0.1, 0.15) is 24.2 Å². The maximum atomic E-state index is 4.75. The molecule has 3 heterocycles. The minimum absolute atomic E-state index is 0.893. The fourth-order valence-electron chi connectivity index (χ4n) is 3.80. The third-order valence-corrected chi connectivity index (χ3v) is 4.80. The third-order valence-electron chi connectivity index (χ3n) is 4.80. The molecule has 1 N–H and O–H groups in total. The van der Waals surface area contributed by atoms with Crippen molar-refractivity contribution < 1.29 is 0 Å². The fourth-order valence-corrected chi connectivity index (χ4v) is 3.80. The van der Waals surface area contributed by atoms with E-state index in [1.165, 1.54) is 37.3 Å². The van der Waals surface area contributed by atoms with Gasteiger partial charge in [-0.3, -0.25) is 9.58 Å². The summed E-state index contributed by atoms with van der Waals surface area (Å²) in [5.74, 6) is 1.79. The number of rotatable bonds is 2. The van der Waals surface area contributed by atoms with Crippen LogP contribution in [0, 0.1) is 11.8 Å². The normalized spacial score (nSPS) is 30.3. The van der Waals surface area contributed by atoms with Crippen LogP contribution >= 0.6 is 0 Å². The van der Waals surface area contributed by atoms with Crippen molar-refractivity contribution in [3.63, 3.8) is 0 Å². The van der Waals surface area contributed by atoms with E-state index in [9.17, 15) is 0 Å². The lowest BCUT2D eigenvalue weighted by atomic mass is 9.86. The highest BCUT2D eigenvalue weighted by Crippen LogP contribution is 2.33. The molecule has 0 saturated carbocycles. The molecule has 2 aliphatic heterocycles. The van der Waals surface area contributed by atoms with Crippen LogP contribution in [0.5, 0.6) is 0 Å². The summed E-state index contributed by atoms with van der Waals surface area (Å²) in [7, 11) is 0. The number of nitrogens with zero attached hydrogens (tertiary/aromatic N) is 3. The van der Waals surface area contributed by atoms with Crippen LogP contribution in [-0.4, -0.2) is 34.3 Å². The second-order valence-electron chi connectivity index (χ2n) is 6.18. The molecule has 102 valence electrons. The molecule has 0 radical (unpaired) electrons. The predicted octanol–water partition coefficient (Wildman–Crippen LogP) is 1.38. The first-order valence-electron chi connectivity index (χ1n) is 7.52. The highest BCUT2D eigenvalue weighted by atomic mass is 15.3. The molecule has 0 unspecified atom stereocenters. The molecule has 0 amide bonds. The zero-order chi connectivity index (χ0) is 12.7. The van der Waals surface area contributed by atoms with Crippen LogP contribution in [-0.2, 0) is 19.6 Å². The zero-order valence-corrected chi connectivity index (χ0v) is 11.4. The summed E-state index contributed by atoms with van der Waals surface area (Å²) in [6, 6.07) is 2.28. The number of fused-ring (bicyclic) bond motifs is 2. The smallest absolute Gasteiger partial charge is 0.0768 e. The van der Waals surface area contributed by atoms with E-state index in [1.54, 1.807) is 0 Å². The van der Waals surface area contributed by atoms with E-state index in [0.29, 0.717) is 0 Å². The molecule has 1 aromatic heterocycles.